The van der Waals surface area contributed by atoms with Crippen LogP contribution in [0.3, 0.4) is 0 Å². The van der Waals surface area contributed by atoms with Crippen molar-refractivity contribution in [3.8, 4) is 0 Å². The van der Waals surface area contributed by atoms with Gasteiger partial charge in [0.25, 0.3) is 0 Å². The highest BCUT2D eigenvalue weighted by atomic mass is 31.1. The molecule has 0 fully saturated rings. The van der Waals surface area contributed by atoms with Crippen molar-refractivity contribution in [1.82, 2.24) is 0 Å². The van der Waals surface area contributed by atoms with Gasteiger partial charge in [0.05, 0.1) is 0 Å². The lowest BCUT2D eigenvalue weighted by atomic mass is 9.96. The van der Waals surface area contributed by atoms with Crippen LogP contribution in [0.2, 0.25) is 0 Å². The summed E-state index contributed by atoms with van der Waals surface area (Å²) >= 11 is 0. The summed E-state index contributed by atoms with van der Waals surface area (Å²) in [6.45, 7) is 14.6. The van der Waals surface area contributed by atoms with Gasteiger partial charge in [0, 0.05) is 0 Å². The standard InChI is InChI=1S/C27H27P.C2H6/c1-5-21(3)27(25-20-14-13-15-22(25)4)26(6-2)28(23-16-9-7-10-17-23)24-18-11-8-12-19-24;1-2/h5-20H,1H2,2-4H3;1-2H3/b26-6+,27-21-;. The molecule has 3 rings (SSSR count). The lowest BCUT2D eigenvalue weighted by Gasteiger charge is -2.26. The molecular formula is C29H33P. The molecule has 0 N–H and O–H groups in total. The molecule has 0 unspecified atom stereocenters. The number of allylic oxidation sites excluding steroid dienone is 5. The quantitative estimate of drug-likeness (QED) is 0.284. The molecule has 0 saturated heterocycles. The predicted octanol–water partition coefficient (Wildman–Crippen LogP) is 8.02. The van der Waals surface area contributed by atoms with Gasteiger partial charge in [-0.1, -0.05) is 118 Å². The highest BCUT2D eigenvalue weighted by molar-refractivity contribution is 7.77. The van der Waals surface area contributed by atoms with E-state index < -0.39 is 7.92 Å². The molecule has 1 heteroatoms. The molecule has 3 aromatic carbocycles. The summed E-state index contributed by atoms with van der Waals surface area (Å²) in [5.41, 5.74) is 5.08. The number of hydrogen-bond acceptors (Lipinski definition) is 0. The molecule has 0 aliphatic carbocycles. The average molecular weight is 413 g/mol. The van der Waals surface area contributed by atoms with E-state index in [0.29, 0.717) is 0 Å². The van der Waals surface area contributed by atoms with Crippen LogP contribution in [0.15, 0.2) is 115 Å². The second kappa shape index (κ2) is 12.1. The Balaban J connectivity index is 0.00000155. The van der Waals surface area contributed by atoms with Crippen LogP contribution in [0.4, 0.5) is 0 Å². The van der Waals surface area contributed by atoms with Crippen LogP contribution in [0.5, 0.6) is 0 Å². The zero-order chi connectivity index (χ0) is 21.9. The number of rotatable bonds is 6. The van der Waals surface area contributed by atoms with Gasteiger partial charge in [-0.2, -0.15) is 0 Å². The molecule has 154 valence electrons. The van der Waals surface area contributed by atoms with Crippen LogP contribution in [-0.2, 0) is 0 Å². The Morgan fingerprint density at radius 3 is 1.67 bits per heavy atom. The van der Waals surface area contributed by atoms with E-state index in [9.17, 15) is 0 Å². The maximum absolute atomic E-state index is 4.08. The zero-order valence-corrected chi connectivity index (χ0v) is 19.8. The third-order valence-electron chi connectivity index (χ3n) is 4.91. The Kier molecular flexibility index (Phi) is 9.52. The van der Waals surface area contributed by atoms with E-state index in [1.165, 1.54) is 38.2 Å². The molecule has 3 aromatic rings. The van der Waals surface area contributed by atoms with Crippen molar-refractivity contribution >= 4 is 24.1 Å². The van der Waals surface area contributed by atoms with E-state index in [0.717, 1.165) is 0 Å². The largest absolute Gasteiger partial charge is 0.0988 e. The van der Waals surface area contributed by atoms with E-state index in [1.54, 1.807) is 0 Å². The summed E-state index contributed by atoms with van der Waals surface area (Å²) in [6.07, 6.45) is 4.27. The topological polar surface area (TPSA) is 0 Å². The molecule has 0 aliphatic heterocycles. The average Bonchev–Trinajstić information content (AvgIpc) is 2.82. The van der Waals surface area contributed by atoms with Gasteiger partial charge in [0.2, 0.25) is 0 Å². The van der Waals surface area contributed by atoms with E-state index >= 15 is 0 Å². The number of hydrogen-bond donors (Lipinski definition) is 0. The first-order valence-corrected chi connectivity index (χ1v) is 12.0. The first kappa shape index (κ1) is 23.6. The van der Waals surface area contributed by atoms with Crippen LogP contribution >= 0.6 is 7.92 Å². The van der Waals surface area contributed by atoms with Crippen LogP contribution in [0.25, 0.3) is 5.57 Å². The third kappa shape index (κ3) is 5.47. The van der Waals surface area contributed by atoms with Gasteiger partial charge < -0.3 is 0 Å². The maximum atomic E-state index is 4.08. The molecule has 0 aliphatic rings. The number of aryl methyl sites for hydroxylation is 1. The highest BCUT2D eigenvalue weighted by Gasteiger charge is 2.23. The monoisotopic (exact) mass is 412 g/mol. The van der Waals surface area contributed by atoms with Crippen molar-refractivity contribution in [3.05, 3.63) is 126 Å². The highest BCUT2D eigenvalue weighted by Crippen LogP contribution is 2.50. The zero-order valence-electron chi connectivity index (χ0n) is 18.9. The SMILES string of the molecule is C=C/C(C)=C(\C(=C/C)P(c1ccccc1)c1ccccc1)c1ccccc1C.CC. The number of benzene rings is 3. The minimum absolute atomic E-state index is 0.672. The van der Waals surface area contributed by atoms with Crippen molar-refractivity contribution in [2.75, 3.05) is 0 Å². The maximum Gasteiger partial charge on any atom is -0.00719 e. The smallest absolute Gasteiger partial charge is 0.00719 e. The minimum Gasteiger partial charge on any atom is -0.0988 e. The fourth-order valence-electron chi connectivity index (χ4n) is 3.47. The van der Waals surface area contributed by atoms with Crippen LogP contribution in [0.1, 0.15) is 38.8 Å². The molecule has 0 amide bonds. The van der Waals surface area contributed by atoms with E-state index in [1.807, 2.05) is 19.9 Å². The molecule has 0 saturated carbocycles. The van der Waals surface area contributed by atoms with Crippen molar-refractivity contribution < 1.29 is 0 Å². The Labute approximate surface area is 184 Å². The summed E-state index contributed by atoms with van der Waals surface area (Å²) in [6, 6.07) is 30.4. The third-order valence-corrected chi connectivity index (χ3v) is 7.51. The fraction of sp³-hybridized carbons (Fsp3) is 0.172. The van der Waals surface area contributed by atoms with Crippen molar-refractivity contribution in [1.29, 1.82) is 0 Å². The van der Waals surface area contributed by atoms with Gasteiger partial charge in [0.1, 0.15) is 0 Å². The van der Waals surface area contributed by atoms with Gasteiger partial charge in [-0.15, -0.1) is 0 Å². The fourth-order valence-corrected chi connectivity index (χ4v) is 6.05. The molecule has 0 spiro atoms. The summed E-state index contributed by atoms with van der Waals surface area (Å²) in [5, 5.41) is 4.10. The van der Waals surface area contributed by atoms with E-state index in [4.69, 9.17) is 0 Å². The summed E-state index contributed by atoms with van der Waals surface area (Å²) in [5.74, 6) is 0. The second-order valence-electron chi connectivity index (χ2n) is 6.76. The summed E-state index contributed by atoms with van der Waals surface area (Å²) < 4.78 is 0. The predicted molar refractivity (Wildman–Crippen MR) is 138 cm³/mol. The summed E-state index contributed by atoms with van der Waals surface area (Å²) in [7, 11) is -0.672. The van der Waals surface area contributed by atoms with Gasteiger partial charge in [0.15, 0.2) is 0 Å². The molecular weight excluding hydrogens is 379 g/mol. The van der Waals surface area contributed by atoms with E-state index in [2.05, 4.69) is 118 Å². The van der Waals surface area contributed by atoms with Crippen LogP contribution in [0, 0.1) is 6.92 Å². The molecule has 0 heterocycles. The van der Waals surface area contributed by atoms with Crippen LogP contribution < -0.4 is 10.6 Å². The Hall–Kier alpha value is -2.69. The van der Waals surface area contributed by atoms with E-state index in [-0.39, 0.29) is 0 Å². The normalized spacial score (nSPS) is 12.0. The Morgan fingerprint density at radius 2 is 1.23 bits per heavy atom. The molecule has 0 atom stereocenters. The molecule has 0 radical (unpaired) electrons. The first-order valence-electron chi connectivity index (χ1n) is 10.6. The van der Waals surface area contributed by atoms with Gasteiger partial charge in [-0.3, -0.25) is 0 Å². The Bertz CT molecular complexity index is 955. The van der Waals surface area contributed by atoms with Gasteiger partial charge in [-0.05, 0) is 66.9 Å². The lowest BCUT2D eigenvalue weighted by Crippen LogP contribution is -2.14. The first-order chi connectivity index (χ1) is 14.7. The lowest BCUT2D eigenvalue weighted by molar-refractivity contribution is 1.40. The van der Waals surface area contributed by atoms with Gasteiger partial charge >= 0.3 is 0 Å². The van der Waals surface area contributed by atoms with Crippen molar-refractivity contribution in [2.24, 2.45) is 0 Å². The minimum atomic E-state index is -0.672. The van der Waals surface area contributed by atoms with Gasteiger partial charge in [-0.25, -0.2) is 0 Å². The molecule has 0 bridgehead atoms. The molecule has 0 aromatic heterocycles. The summed E-state index contributed by atoms with van der Waals surface area (Å²) in [4.78, 5) is 0. The molecule has 0 nitrogen and oxygen atoms in total. The van der Waals surface area contributed by atoms with Crippen molar-refractivity contribution in [3.63, 3.8) is 0 Å². The Morgan fingerprint density at radius 1 is 0.767 bits per heavy atom. The second-order valence-corrected chi connectivity index (χ2v) is 8.94. The molecule has 30 heavy (non-hydrogen) atoms. The van der Waals surface area contributed by atoms with Crippen molar-refractivity contribution in [2.45, 2.75) is 34.6 Å². The van der Waals surface area contributed by atoms with Crippen LogP contribution in [-0.4, -0.2) is 0 Å².